The van der Waals surface area contributed by atoms with Crippen molar-refractivity contribution in [3.8, 4) is 11.1 Å². The summed E-state index contributed by atoms with van der Waals surface area (Å²) in [6, 6.07) is 15.4. The fraction of sp³-hybridized carbons (Fsp3) is 0.188. The summed E-state index contributed by atoms with van der Waals surface area (Å²) < 4.78 is 0. The Morgan fingerprint density at radius 2 is 1.89 bits per heavy atom. The highest BCUT2D eigenvalue weighted by Gasteiger charge is 2.12. The smallest absolute Gasteiger partial charge is 0.305 e. The van der Waals surface area contributed by atoms with E-state index < -0.39 is 12.0 Å². The summed E-state index contributed by atoms with van der Waals surface area (Å²) in [7, 11) is 0. The Bertz CT molecular complexity index is 579. The highest BCUT2D eigenvalue weighted by molar-refractivity contribution is 5.70. The minimum Gasteiger partial charge on any atom is -0.481 e. The van der Waals surface area contributed by atoms with Crippen molar-refractivity contribution in [3.63, 3.8) is 0 Å². The Morgan fingerprint density at radius 3 is 2.53 bits per heavy atom. The molecule has 0 bridgehead atoms. The van der Waals surface area contributed by atoms with Gasteiger partial charge in [-0.1, -0.05) is 42.5 Å². The molecule has 0 fully saturated rings. The van der Waals surface area contributed by atoms with Crippen molar-refractivity contribution in [1.82, 2.24) is 0 Å². The number of carboxylic acid groups (broad SMARTS) is 1. The lowest BCUT2D eigenvalue weighted by atomic mass is 9.95. The minimum atomic E-state index is -0.880. The van der Waals surface area contributed by atoms with Crippen LogP contribution in [0.25, 0.3) is 11.1 Å². The number of aliphatic carboxylic acids is 1. The van der Waals surface area contributed by atoms with Crippen LogP contribution in [0, 0.1) is 6.92 Å². The summed E-state index contributed by atoms with van der Waals surface area (Å²) in [6.45, 7) is 2.04. The average molecular weight is 255 g/mol. The first-order valence-electron chi connectivity index (χ1n) is 6.21. The average Bonchev–Trinajstić information content (AvgIpc) is 2.39. The normalized spacial score (nSPS) is 12.1. The van der Waals surface area contributed by atoms with E-state index in [4.69, 9.17) is 10.8 Å². The van der Waals surface area contributed by atoms with Crippen LogP contribution in [0.1, 0.15) is 23.6 Å². The maximum Gasteiger partial charge on any atom is 0.305 e. The first-order chi connectivity index (χ1) is 9.08. The summed E-state index contributed by atoms with van der Waals surface area (Å²) in [4.78, 5) is 10.7. The lowest BCUT2D eigenvalue weighted by molar-refractivity contribution is -0.137. The van der Waals surface area contributed by atoms with Gasteiger partial charge in [0.05, 0.1) is 6.42 Å². The zero-order chi connectivity index (χ0) is 13.8. The van der Waals surface area contributed by atoms with Crippen LogP contribution in [-0.4, -0.2) is 11.1 Å². The molecule has 2 rings (SSSR count). The first-order valence-corrected chi connectivity index (χ1v) is 6.21. The predicted octanol–water partition coefficient (Wildman–Crippen LogP) is 3.14. The van der Waals surface area contributed by atoms with Gasteiger partial charge in [-0.3, -0.25) is 4.79 Å². The molecule has 1 atom stereocenters. The van der Waals surface area contributed by atoms with Crippen LogP contribution in [0.15, 0.2) is 48.5 Å². The molecule has 0 aliphatic carbocycles. The molecule has 0 aliphatic heterocycles. The van der Waals surface area contributed by atoms with Gasteiger partial charge in [0.25, 0.3) is 0 Å². The summed E-state index contributed by atoms with van der Waals surface area (Å²) in [6.07, 6.45) is -0.0582. The van der Waals surface area contributed by atoms with E-state index in [-0.39, 0.29) is 6.42 Å². The van der Waals surface area contributed by atoms with E-state index >= 15 is 0 Å². The first kappa shape index (κ1) is 13.3. The molecular formula is C16H17NO2. The standard InChI is InChI=1S/C16H17NO2/c1-11-7-8-13(15(17)10-16(18)19)9-14(11)12-5-3-2-4-6-12/h2-9,15H,10,17H2,1H3,(H,18,19)/t15-/m0/s1. The van der Waals surface area contributed by atoms with E-state index in [1.54, 1.807) is 0 Å². The Kier molecular flexibility index (Phi) is 3.97. The van der Waals surface area contributed by atoms with Gasteiger partial charge in [0.2, 0.25) is 0 Å². The van der Waals surface area contributed by atoms with Crippen molar-refractivity contribution >= 4 is 5.97 Å². The highest BCUT2D eigenvalue weighted by Crippen LogP contribution is 2.27. The molecule has 2 aromatic carbocycles. The molecule has 0 unspecified atom stereocenters. The predicted molar refractivity (Wildman–Crippen MR) is 75.8 cm³/mol. The van der Waals surface area contributed by atoms with Crippen LogP contribution in [0.2, 0.25) is 0 Å². The number of rotatable bonds is 4. The fourth-order valence-corrected chi connectivity index (χ4v) is 2.10. The van der Waals surface area contributed by atoms with E-state index in [2.05, 4.69) is 0 Å². The number of carboxylic acids is 1. The van der Waals surface area contributed by atoms with Crippen molar-refractivity contribution in [2.24, 2.45) is 5.73 Å². The second-order valence-electron chi connectivity index (χ2n) is 4.64. The van der Waals surface area contributed by atoms with Crippen molar-refractivity contribution in [2.75, 3.05) is 0 Å². The molecule has 0 aromatic heterocycles. The maximum atomic E-state index is 10.7. The van der Waals surface area contributed by atoms with Crippen LogP contribution < -0.4 is 5.73 Å². The summed E-state index contributed by atoms with van der Waals surface area (Å²) in [5.74, 6) is -0.880. The van der Waals surface area contributed by atoms with E-state index in [0.717, 1.165) is 22.3 Å². The van der Waals surface area contributed by atoms with Crippen LogP contribution in [0.4, 0.5) is 0 Å². The lowest BCUT2D eigenvalue weighted by Gasteiger charge is -2.13. The van der Waals surface area contributed by atoms with E-state index in [1.165, 1.54) is 0 Å². The van der Waals surface area contributed by atoms with Gasteiger partial charge in [0.15, 0.2) is 0 Å². The number of hydrogen-bond donors (Lipinski definition) is 2. The molecule has 0 amide bonds. The van der Waals surface area contributed by atoms with Gasteiger partial charge >= 0.3 is 5.97 Å². The number of nitrogens with two attached hydrogens (primary N) is 1. The molecule has 2 aromatic rings. The third-order valence-electron chi connectivity index (χ3n) is 3.17. The summed E-state index contributed by atoms with van der Waals surface area (Å²) >= 11 is 0. The third-order valence-corrected chi connectivity index (χ3v) is 3.17. The Morgan fingerprint density at radius 1 is 1.21 bits per heavy atom. The van der Waals surface area contributed by atoms with Crippen LogP contribution in [0.3, 0.4) is 0 Å². The van der Waals surface area contributed by atoms with Crippen LogP contribution in [0.5, 0.6) is 0 Å². The third kappa shape index (κ3) is 3.20. The van der Waals surface area contributed by atoms with E-state index in [1.807, 2.05) is 55.5 Å². The Labute approximate surface area is 112 Å². The summed E-state index contributed by atoms with van der Waals surface area (Å²) in [5, 5.41) is 8.81. The quantitative estimate of drug-likeness (QED) is 0.882. The molecule has 0 saturated heterocycles. The van der Waals surface area contributed by atoms with Gasteiger partial charge in [0.1, 0.15) is 0 Å². The molecular weight excluding hydrogens is 238 g/mol. The van der Waals surface area contributed by atoms with E-state index in [0.29, 0.717) is 0 Å². The molecule has 0 radical (unpaired) electrons. The fourth-order valence-electron chi connectivity index (χ4n) is 2.10. The highest BCUT2D eigenvalue weighted by atomic mass is 16.4. The molecule has 3 nitrogen and oxygen atoms in total. The minimum absolute atomic E-state index is 0.0582. The SMILES string of the molecule is Cc1ccc([C@@H](N)CC(=O)O)cc1-c1ccccc1. The van der Waals surface area contributed by atoms with Gasteiger partial charge in [-0.05, 0) is 35.2 Å². The maximum absolute atomic E-state index is 10.7. The van der Waals surface area contributed by atoms with Gasteiger partial charge in [0, 0.05) is 6.04 Å². The Hall–Kier alpha value is -2.13. The second-order valence-corrected chi connectivity index (χ2v) is 4.64. The molecule has 0 aliphatic rings. The number of hydrogen-bond acceptors (Lipinski definition) is 2. The van der Waals surface area contributed by atoms with Gasteiger partial charge in [-0.25, -0.2) is 0 Å². The molecule has 3 N–H and O–H groups in total. The molecule has 0 spiro atoms. The second kappa shape index (κ2) is 5.67. The van der Waals surface area contributed by atoms with Crippen molar-refractivity contribution in [2.45, 2.75) is 19.4 Å². The largest absolute Gasteiger partial charge is 0.481 e. The van der Waals surface area contributed by atoms with Crippen molar-refractivity contribution < 1.29 is 9.90 Å². The lowest BCUT2D eigenvalue weighted by Crippen LogP contribution is -2.15. The zero-order valence-corrected chi connectivity index (χ0v) is 10.8. The van der Waals surface area contributed by atoms with E-state index in [9.17, 15) is 4.79 Å². The van der Waals surface area contributed by atoms with Crippen LogP contribution >= 0.6 is 0 Å². The number of aryl methyl sites for hydroxylation is 1. The van der Waals surface area contributed by atoms with Gasteiger partial charge < -0.3 is 10.8 Å². The van der Waals surface area contributed by atoms with Gasteiger partial charge in [-0.15, -0.1) is 0 Å². The molecule has 19 heavy (non-hydrogen) atoms. The molecule has 3 heteroatoms. The number of benzene rings is 2. The van der Waals surface area contributed by atoms with Crippen molar-refractivity contribution in [3.05, 3.63) is 59.7 Å². The van der Waals surface area contributed by atoms with Crippen molar-refractivity contribution in [1.29, 1.82) is 0 Å². The van der Waals surface area contributed by atoms with Crippen LogP contribution in [-0.2, 0) is 4.79 Å². The monoisotopic (exact) mass is 255 g/mol. The zero-order valence-electron chi connectivity index (χ0n) is 10.8. The molecule has 0 heterocycles. The van der Waals surface area contributed by atoms with Gasteiger partial charge in [-0.2, -0.15) is 0 Å². The Balaban J connectivity index is 2.38. The number of carbonyl (C=O) groups is 1. The molecule has 0 saturated carbocycles. The summed E-state index contributed by atoms with van der Waals surface area (Å²) in [5.41, 5.74) is 10.1. The molecule has 98 valence electrons. The topological polar surface area (TPSA) is 63.3 Å².